The van der Waals surface area contributed by atoms with Crippen LogP contribution in [0.1, 0.15) is 23.1 Å². The zero-order valence-electron chi connectivity index (χ0n) is 20.0. The van der Waals surface area contributed by atoms with Gasteiger partial charge in [-0.05, 0) is 47.4 Å². The van der Waals surface area contributed by atoms with Gasteiger partial charge in [0.15, 0.2) is 0 Å². The van der Waals surface area contributed by atoms with Crippen molar-refractivity contribution in [3.05, 3.63) is 95.6 Å². The van der Waals surface area contributed by atoms with Crippen LogP contribution in [-0.4, -0.2) is 31.1 Å². The van der Waals surface area contributed by atoms with Gasteiger partial charge in [-0.2, -0.15) is 0 Å². The summed E-state index contributed by atoms with van der Waals surface area (Å²) in [6.07, 6.45) is -10.8. The summed E-state index contributed by atoms with van der Waals surface area (Å²) in [7, 11) is 0. The maximum Gasteiger partial charge on any atom is 0.573 e. The van der Waals surface area contributed by atoms with E-state index in [1.54, 1.807) is 30.3 Å². The first kappa shape index (κ1) is 28.2. The molecule has 0 spiro atoms. The molecule has 0 saturated heterocycles. The number of hydrogen-bond donors (Lipinski definition) is 1. The van der Waals surface area contributed by atoms with Gasteiger partial charge < -0.3 is 14.8 Å². The van der Waals surface area contributed by atoms with E-state index in [0.29, 0.717) is 5.56 Å². The van der Waals surface area contributed by atoms with E-state index >= 15 is 0 Å². The van der Waals surface area contributed by atoms with E-state index in [1.165, 1.54) is 24.3 Å². The van der Waals surface area contributed by atoms with E-state index in [9.17, 15) is 39.9 Å². The summed E-state index contributed by atoms with van der Waals surface area (Å²) >= 11 is 0. The lowest BCUT2D eigenvalue weighted by atomic mass is 9.70. The normalized spacial score (nSPS) is 16.9. The van der Waals surface area contributed by atoms with Gasteiger partial charge in [0.05, 0.1) is 0 Å². The van der Waals surface area contributed by atoms with Crippen LogP contribution < -0.4 is 14.8 Å². The summed E-state index contributed by atoms with van der Waals surface area (Å²) in [4.78, 5) is 12.6. The molecule has 1 saturated carbocycles. The van der Waals surface area contributed by atoms with Crippen molar-refractivity contribution in [2.45, 2.75) is 36.9 Å². The zero-order valence-corrected chi connectivity index (χ0v) is 20.0. The van der Waals surface area contributed by atoms with Crippen molar-refractivity contribution in [2.24, 2.45) is 5.92 Å². The predicted molar refractivity (Wildman–Crippen MR) is 123 cm³/mol. The molecule has 1 amide bonds. The Morgan fingerprint density at radius 2 is 1.28 bits per heavy atom. The van der Waals surface area contributed by atoms with E-state index in [4.69, 9.17) is 0 Å². The minimum atomic E-state index is -5.03. The smallest absolute Gasteiger partial charge is 0.406 e. The van der Waals surface area contributed by atoms with Crippen molar-refractivity contribution < 1.29 is 49.4 Å². The maximum atomic E-state index is 13.6. The third-order valence-corrected chi connectivity index (χ3v) is 6.30. The molecule has 0 aliphatic heterocycles. The van der Waals surface area contributed by atoms with Crippen LogP contribution in [0.4, 0.5) is 35.1 Å². The van der Waals surface area contributed by atoms with Crippen LogP contribution in [0, 0.1) is 5.92 Å². The molecule has 3 aromatic rings. The lowest BCUT2D eigenvalue weighted by Crippen LogP contribution is -2.44. The highest BCUT2D eigenvalue weighted by Gasteiger charge is 2.61. The number of benzene rings is 3. The van der Waals surface area contributed by atoms with Crippen molar-refractivity contribution in [3.8, 4) is 11.5 Å². The van der Waals surface area contributed by atoms with Gasteiger partial charge in [0.2, 0.25) is 5.91 Å². The maximum absolute atomic E-state index is 13.6. The highest BCUT2D eigenvalue weighted by Crippen LogP contribution is 2.49. The van der Waals surface area contributed by atoms with Gasteiger partial charge in [-0.25, -0.2) is 8.78 Å². The number of amides is 1. The Hall–Kier alpha value is -3.83. The Morgan fingerprint density at radius 1 is 0.795 bits per heavy atom. The Morgan fingerprint density at radius 3 is 1.72 bits per heavy atom. The summed E-state index contributed by atoms with van der Waals surface area (Å²) in [5.74, 6) is -6.97. The summed E-state index contributed by atoms with van der Waals surface area (Å²) < 4.78 is 113. The predicted octanol–water partition coefficient (Wildman–Crippen LogP) is 6.78. The fraction of sp³-hybridized carbons (Fsp3) is 0.296. The molecule has 39 heavy (non-hydrogen) atoms. The number of rotatable bonds is 9. The molecule has 12 heteroatoms. The van der Waals surface area contributed by atoms with Crippen molar-refractivity contribution in [1.29, 1.82) is 0 Å². The van der Waals surface area contributed by atoms with E-state index in [2.05, 4.69) is 14.8 Å². The molecule has 208 valence electrons. The van der Waals surface area contributed by atoms with Gasteiger partial charge in [-0.15, -0.1) is 26.3 Å². The van der Waals surface area contributed by atoms with Crippen LogP contribution in [0.5, 0.6) is 11.5 Å². The van der Waals surface area contributed by atoms with Gasteiger partial charge in [0.1, 0.15) is 17.4 Å². The number of hydrogen-bond acceptors (Lipinski definition) is 3. The van der Waals surface area contributed by atoms with Crippen LogP contribution in [0.15, 0.2) is 78.9 Å². The molecule has 4 rings (SSSR count). The molecule has 1 aliphatic rings. The van der Waals surface area contributed by atoms with Crippen molar-refractivity contribution in [2.75, 3.05) is 6.54 Å². The highest BCUT2D eigenvalue weighted by atomic mass is 19.4. The molecule has 0 bridgehead atoms. The van der Waals surface area contributed by atoms with E-state index in [-0.39, 0.29) is 17.5 Å². The molecule has 1 aliphatic carbocycles. The Kier molecular flexibility index (Phi) is 7.50. The van der Waals surface area contributed by atoms with Crippen molar-refractivity contribution >= 4 is 5.91 Å². The van der Waals surface area contributed by atoms with Crippen LogP contribution in [0.3, 0.4) is 0 Å². The first-order valence-electron chi connectivity index (χ1n) is 11.6. The zero-order chi connectivity index (χ0) is 28.5. The minimum Gasteiger partial charge on any atom is -0.406 e. The third kappa shape index (κ3) is 7.18. The van der Waals surface area contributed by atoms with E-state index < -0.39 is 60.4 Å². The average Bonchev–Trinajstić information content (AvgIpc) is 3.48. The average molecular weight is 559 g/mol. The second kappa shape index (κ2) is 10.4. The van der Waals surface area contributed by atoms with Gasteiger partial charge in [-0.3, -0.25) is 4.79 Å². The number of halogens is 8. The fourth-order valence-corrected chi connectivity index (χ4v) is 4.42. The van der Waals surface area contributed by atoms with E-state index in [0.717, 1.165) is 24.3 Å². The van der Waals surface area contributed by atoms with Crippen LogP contribution in [0.2, 0.25) is 0 Å². The molecule has 0 radical (unpaired) electrons. The highest BCUT2D eigenvalue weighted by molar-refractivity contribution is 5.83. The van der Waals surface area contributed by atoms with Gasteiger partial charge in [0, 0.05) is 18.4 Å². The van der Waals surface area contributed by atoms with Crippen molar-refractivity contribution in [3.63, 3.8) is 0 Å². The fourth-order valence-electron chi connectivity index (χ4n) is 4.42. The molecule has 0 aromatic heterocycles. The standard InChI is InChI=1S/C27H21F8NO3/c28-25(29)15-22(25)23(37)36-16-24(14-17-6-2-1-3-7-17,18-8-4-10-20(12-18)38-26(30,31)32)19-9-5-11-21(13-19)39-27(33,34)35/h1-13,22H,14-16H2,(H,36,37). The molecule has 1 atom stereocenters. The summed E-state index contributed by atoms with van der Waals surface area (Å²) in [5, 5.41) is 2.45. The Bertz CT molecular complexity index is 1250. The van der Waals surface area contributed by atoms with Crippen LogP contribution in [0.25, 0.3) is 0 Å². The van der Waals surface area contributed by atoms with E-state index in [1.807, 2.05) is 0 Å². The molecular weight excluding hydrogens is 538 g/mol. The molecule has 0 heterocycles. The third-order valence-electron chi connectivity index (χ3n) is 6.30. The molecule has 4 nitrogen and oxygen atoms in total. The number of carbonyl (C=O) groups excluding carboxylic acids is 1. The first-order chi connectivity index (χ1) is 18.2. The first-order valence-corrected chi connectivity index (χ1v) is 11.6. The number of nitrogens with one attached hydrogen (secondary N) is 1. The second-order valence-corrected chi connectivity index (χ2v) is 9.13. The largest absolute Gasteiger partial charge is 0.573 e. The lowest BCUT2D eigenvalue weighted by molar-refractivity contribution is -0.275. The lowest BCUT2D eigenvalue weighted by Gasteiger charge is -2.36. The molecule has 3 aromatic carbocycles. The minimum absolute atomic E-state index is 0.0415. The summed E-state index contributed by atoms with van der Waals surface area (Å²) in [5.41, 5.74) is -0.676. The van der Waals surface area contributed by atoms with Gasteiger partial charge >= 0.3 is 12.7 Å². The molecule has 1 fully saturated rings. The molecule has 1 unspecified atom stereocenters. The van der Waals surface area contributed by atoms with Crippen LogP contribution >= 0.6 is 0 Å². The summed E-state index contributed by atoms with van der Waals surface area (Å²) in [6, 6.07) is 17.9. The topological polar surface area (TPSA) is 47.6 Å². The molecular formula is C27H21F8NO3. The quantitative estimate of drug-likeness (QED) is 0.294. The SMILES string of the molecule is O=C(NCC(Cc1ccccc1)(c1cccc(OC(F)(F)F)c1)c1cccc(OC(F)(F)F)c1)C1CC1(F)F. The number of alkyl halides is 8. The van der Waals surface area contributed by atoms with Gasteiger partial charge in [0.25, 0.3) is 5.92 Å². The second-order valence-electron chi connectivity index (χ2n) is 9.13. The van der Waals surface area contributed by atoms with Crippen LogP contribution in [-0.2, 0) is 16.6 Å². The number of ether oxygens (including phenoxy) is 2. The van der Waals surface area contributed by atoms with Crippen molar-refractivity contribution in [1.82, 2.24) is 5.32 Å². The monoisotopic (exact) mass is 559 g/mol. The number of carbonyl (C=O) groups is 1. The molecule has 1 N–H and O–H groups in total. The Balaban J connectivity index is 1.85. The Labute approximate surface area is 217 Å². The summed E-state index contributed by atoms with van der Waals surface area (Å²) in [6.45, 7) is -0.432. The van der Waals surface area contributed by atoms with Gasteiger partial charge in [-0.1, -0.05) is 54.6 Å².